The minimum Gasteiger partial charge on any atom is -0.389 e. The summed E-state index contributed by atoms with van der Waals surface area (Å²) in [6, 6.07) is 8.34. The average molecular weight is 288 g/mol. The van der Waals surface area contributed by atoms with Gasteiger partial charge >= 0.3 is 0 Å². The van der Waals surface area contributed by atoms with Gasteiger partial charge in [0.25, 0.3) is 0 Å². The van der Waals surface area contributed by atoms with E-state index >= 15 is 0 Å². The zero-order valence-corrected chi connectivity index (χ0v) is 11.2. The van der Waals surface area contributed by atoms with E-state index in [4.69, 9.17) is 4.74 Å². The lowest BCUT2D eigenvalue weighted by Gasteiger charge is -2.17. The van der Waals surface area contributed by atoms with E-state index in [2.05, 4.69) is 40.3 Å². The zero-order valence-electron chi connectivity index (χ0n) is 9.61. The Kier molecular flexibility index (Phi) is 5.98. The number of rotatable bonds is 6. The third-order valence-electron chi connectivity index (χ3n) is 2.37. The fourth-order valence-corrected chi connectivity index (χ4v) is 1.87. The van der Waals surface area contributed by atoms with E-state index in [0.717, 1.165) is 4.47 Å². The summed E-state index contributed by atoms with van der Waals surface area (Å²) in [6.07, 6.45) is -0.459. The topological polar surface area (TPSA) is 41.5 Å². The molecular weight excluding hydrogens is 270 g/mol. The van der Waals surface area contributed by atoms with Gasteiger partial charge in [0.1, 0.15) is 0 Å². The molecule has 3 nitrogen and oxygen atoms in total. The summed E-state index contributed by atoms with van der Waals surface area (Å²) in [7, 11) is 1.58. The van der Waals surface area contributed by atoms with Crippen molar-refractivity contribution in [3.8, 4) is 0 Å². The van der Waals surface area contributed by atoms with Crippen LogP contribution < -0.4 is 5.32 Å². The molecule has 1 aromatic carbocycles. The van der Waals surface area contributed by atoms with Gasteiger partial charge < -0.3 is 15.2 Å². The van der Waals surface area contributed by atoms with Crippen LogP contribution in [-0.2, 0) is 4.74 Å². The number of ether oxygens (including phenoxy) is 1. The Morgan fingerprint density at radius 3 is 2.88 bits per heavy atom. The van der Waals surface area contributed by atoms with E-state index in [0.29, 0.717) is 13.2 Å². The van der Waals surface area contributed by atoms with Gasteiger partial charge in [-0.25, -0.2) is 0 Å². The third-order valence-corrected chi connectivity index (χ3v) is 2.86. The second-order valence-corrected chi connectivity index (χ2v) is 4.71. The van der Waals surface area contributed by atoms with Crippen LogP contribution in [0.1, 0.15) is 18.5 Å². The van der Waals surface area contributed by atoms with Crippen molar-refractivity contribution >= 4 is 15.9 Å². The van der Waals surface area contributed by atoms with Gasteiger partial charge in [0.05, 0.1) is 12.7 Å². The first kappa shape index (κ1) is 13.6. The summed E-state index contributed by atoms with van der Waals surface area (Å²) in [5.74, 6) is 0. The van der Waals surface area contributed by atoms with Crippen molar-refractivity contribution in [1.82, 2.24) is 5.32 Å². The van der Waals surface area contributed by atoms with Crippen molar-refractivity contribution in [2.24, 2.45) is 0 Å². The molecule has 90 valence electrons. The highest BCUT2D eigenvalue weighted by Gasteiger charge is 2.08. The van der Waals surface area contributed by atoms with Gasteiger partial charge in [-0.2, -0.15) is 0 Å². The first-order valence-electron chi connectivity index (χ1n) is 5.29. The first-order chi connectivity index (χ1) is 7.63. The Labute approximate surface area is 105 Å². The molecule has 2 unspecified atom stereocenters. The van der Waals surface area contributed by atoms with Gasteiger partial charge in [0, 0.05) is 24.2 Å². The number of benzene rings is 1. The molecule has 1 aromatic rings. The smallest absolute Gasteiger partial charge is 0.0897 e. The van der Waals surface area contributed by atoms with Crippen LogP contribution in [0.4, 0.5) is 0 Å². The number of hydrogen-bond acceptors (Lipinski definition) is 3. The van der Waals surface area contributed by atoms with Gasteiger partial charge in [-0.3, -0.25) is 0 Å². The Bertz CT molecular complexity index is 320. The molecule has 0 saturated carbocycles. The minimum atomic E-state index is -0.459. The molecule has 16 heavy (non-hydrogen) atoms. The van der Waals surface area contributed by atoms with Crippen LogP contribution in [0.5, 0.6) is 0 Å². The lowest BCUT2D eigenvalue weighted by atomic mass is 10.1. The summed E-state index contributed by atoms with van der Waals surface area (Å²) >= 11 is 3.44. The van der Waals surface area contributed by atoms with Crippen molar-refractivity contribution < 1.29 is 9.84 Å². The Morgan fingerprint density at radius 2 is 2.25 bits per heavy atom. The van der Waals surface area contributed by atoms with E-state index in [-0.39, 0.29) is 6.04 Å². The highest BCUT2D eigenvalue weighted by Crippen LogP contribution is 2.17. The number of nitrogens with one attached hydrogen (secondary N) is 1. The number of halogens is 1. The third kappa shape index (κ3) is 4.61. The molecule has 1 rings (SSSR count). The Morgan fingerprint density at radius 1 is 1.50 bits per heavy atom. The van der Waals surface area contributed by atoms with Gasteiger partial charge in [0.2, 0.25) is 0 Å². The molecule has 0 aromatic heterocycles. The summed E-state index contributed by atoms with van der Waals surface area (Å²) in [4.78, 5) is 0. The summed E-state index contributed by atoms with van der Waals surface area (Å²) in [5, 5.41) is 12.8. The fraction of sp³-hybridized carbons (Fsp3) is 0.500. The first-order valence-corrected chi connectivity index (χ1v) is 6.08. The summed E-state index contributed by atoms with van der Waals surface area (Å²) in [5.41, 5.74) is 1.19. The molecule has 2 N–H and O–H groups in total. The highest BCUT2D eigenvalue weighted by molar-refractivity contribution is 9.10. The van der Waals surface area contributed by atoms with Gasteiger partial charge in [0.15, 0.2) is 0 Å². The number of methoxy groups -OCH3 is 1. The molecule has 2 atom stereocenters. The zero-order chi connectivity index (χ0) is 12.0. The van der Waals surface area contributed by atoms with Crippen LogP contribution in [0.25, 0.3) is 0 Å². The average Bonchev–Trinajstić information content (AvgIpc) is 2.26. The van der Waals surface area contributed by atoms with Crippen molar-refractivity contribution in [2.45, 2.75) is 19.1 Å². The molecule has 0 fully saturated rings. The van der Waals surface area contributed by atoms with E-state index in [9.17, 15) is 5.11 Å². The molecule has 0 aliphatic rings. The molecule has 0 spiro atoms. The fourth-order valence-electron chi connectivity index (χ4n) is 1.46. The number of hydrogen-bond donors (Lipinski definition) is 2. The molecule has 0 bridgehead atoms. The molecule has 0 heterocycles. The molecular formula is C12H18BrNO2. The monoisotopic (exact) mass is 287 g/mol. The maximum Gasteiger partial charge on any atom is 0.0897 e. The molecule has 0 amide bonds. The van der Waals surface area contributed by atoms with Gasteiger partial charge in [-0.15, -0.1) is 0 Å². The lowest BCUT2D eigenvalue weighted by Crippen LogP contribution is -2.31. The van der Waals surface area contributed by atoms with E-state index in [1.54, 1.807) is 7.11 Å². The predicted octanol–water partition coefficient (Wildman–Crippen LogP) is 2.11. The van der Waals surface area contributed by atoms with E-state index in [1.165, 1.54) is 5.56 Å². The second kappa shape index (κ2) is 7.01. The molecule has 0 radical (unpaired) electrons. The van der Waals surface area contributed by atoms with Crippen LogP contribution >= 0.6 is 15.9 Å². The second-order valence-electron chi connectivity index (χ2n) is 3.79. The van der Waals surface area contributed by atoms with Crippen LogP contribution in [0.3, 0.4) is 0 Å². The maximum absolute atomic E-state index is 9.50. The van der Waals surface area contributed by atoms with Crippen LogP contribution in [0.2, 0.25) is 0 Å². The van der Waals surface area contributed by atoms with Gasteiger partial charge in [-0.1, -0.05) is 28.1 Å². The quantitative estimate of drug-likeness (QED) is 0.842. The highest BCUT2D eigenvalue weighted by atomic mass is 79.9. The normalized spacial score (nSPS) is 14.8. The van der Waals surface area contributed by atoms with Gasteiger partial charge in [-0.05, 0) is 24.6 Å². The molecule has 0 saturated heterocycles. The van der Waals surface area contributed by atoms with E-state index in [1.807, 2.05) is 12.1 Å². The van der Waals surface area contributed by atoms with Crippen LogP contribution in [-0.4, -0.2) is 31.5 Å². The maximum atomic E-state index is 9.50. The van der Waals surface area contributed by atoms with Crippen molar-refractivity contribution in [3.63, 3.8) is 0 Å². The SMILES string of the molecule is COCC(O)CNC(C)c1cccc(Br)c1. The molecule has 0 aliphatic carbocycles. The molecule has 0 aliphatic heterocycles. The largest absolute Gasteiger partial charge is 0.389 e. The lowest BCUT2D eigenvalue weighted by molar-refractivity contribution is 0.0630. The summed E-state index contributed by atoms with van der Waals surface area (Å²) < 4.78 is 5.93. The van der Waals surface area contributed by atoms with Crippen LogP contribution in [0, 0.1) is 0 Å². The van der Waals surface area contributed by atoms with Crippen molar-refractivity contribution in [1.29, 1.82) is 0 Å². The number of aliphatic hydroxyl groups is 1. The minimum absolute atomic E-state index is 0.212. The van der Waals surface area contributed by atoms with Crippen molar-refractivity contribution in [3.05, 3.63) is 34.3 Å². The molecule has 4 heteroatoms. The Balaban J connectivity index is 2.43. The standard InChI is InChI=1S/C12H18BrNO2/c1-9(14-7-12(15)8-16-2)10-4-3-5-11(13)6-10/h3-6,9,12,14-15H,7-8H2,1-2H3. The Hall–Kier alpha value is -0.420. The van der Waals surface area contributed by atoms with Crippen molar-refractivity contribution in [2.75, 3.05) is 20.3 Å². The van der Waals surface area contributed by atoms with E-state index < -0.39 is 6.10 Å². The summed E-state index contributed by atoms with van der Waals surface area (Å²) in [6.45, 7) is 2.96. The number of aliphatic hydroxyl groups excluding tert-OH is 1. The predicted molar refractivity (Wildman–Crippen MR) is 68.4 cm³/mol. The van der Waals surface area contributed by atoms with Crippen LogP contribution in [0.15, 0.2) is 28.7 Å².